The zero-order chi connectivity index (χ0) is 60.2. The SMILES string of the molecule is CCCCC/C=C\C/C=C\CCCCCCC(O)CN(CCCSSCCN1CCN(CCOC(=O)CCCN(CC(O)CCCCCCCC)CC(O)CCCCCCCC)CC1)CC(O)CCCCCC/C=C\C/C=C\CCCCC. The first-order chi connectivity index (χ1) is 40.7. The Morgan fingerprint density at radius 2 is 0.735 bits per heavy atom. The molecule has 0 radical (unpaired) electrons. The minimum Gasteiger partial charge on any atom is -0.464 e. The summed E-state index contributed by atoms with van der Waals surface area (Å²) in [6, 6.07) is 0. The Bertz CT molecular complexity index is 1410. The van der Waals surface area contributed by atoms with Gasteiger partial charge in [0.05, 0.1) is 24.4 Å². The van der Waals surface area contributed by atoms with Crippen molar-refractivity contribution in [1.29, 1.82) is 0 Å². The Kier molecular flexibility index (Phi) is 60.0. The van der Waals surface area contributed by atoms with Crippen LogP contribution in [0.25, 0.3) is 0 Å². The van der Waals surface area contributed by atoms with Crippen LogP contribution in [0.1, 0.15) is 278 Å². The second-order valence-corrected chi connectivity index (χ2v) is 27.3. The molecule has 0 aromatic rings. The van der Waals surface area contributed by atoms with Gasteiger partial charge >= 0.3 is 5.97 Å². The smallest absolute Gasteiger partial charge is 0.305 e. The molecule has 0 saturated carbocycles. The summed E-state index contributed by atoms with van der Waals surface area (Å²) in [5.41, 5.74) is 0. The number of hydrogen-bond acceptors (Lipinski definition) is 12. The van der Waals surface area contributed by atoms with Gasteiger partial charge in [0.2, 0.25) is 0 Å². The van der Waals surface area contributed by atoms with Gasteiger partial charge in [-0.3, -0.25) is 24.4 Å². The summed E-state index contributed by atoms with van der Waals surface area (Å²) in [5, 5.41) is 44.2. The minimum atomic E-state index is -0.406. The fraction of sp³-hybridized carbons (Fsp3) is 0.873. The lowest BCUT2D eigenvalue weighted by Crippen LogP contribution is -2.47. The predicted octanol–water partition coefficient (Wildman–Crippen LogP) is 17.1. The maximum Gasteiger partial charge on any atom is 0.305 e. The number of allylic oxidation sites excluding steroid dienone is 8. The van der Waals surface area contributed by atoms with E-state index in [9.17, 15) is 25.2 Å². The molecule has 0 bridgehead atoms. The molecule has 0 spiro atoms. The van der Waals surface area contributed by atoms with Crippen molar-refractivity contribution >= 4 is 27.6 Å². The number of nitrogens with zero attached hydrogens (tertiary/aromatic N) is 4. The van der Waals surface area contributed by atoms with Gasteiger partial charge in [-0.1, -0.05) is 239 Å². The summed E-state index contributed by atoms with van der Waals surface area (Å²) < 4.78 is 5.71. The number of carbonyl (C=O) groups is 1. The number of hydrogen-bond donors (Lipinski definition) is 4. The molecule has 0 amide bonds. The predicted molar refractivity (Wildman–Crippen MR) is 365 cm³/mol. The highest BCUT2D eigenvalue weighted by Crippen LogP contribution is 2.23. The molecule has 1 heterocycles. The molecule has 83 heavy (non-hydrogen) atoms. The standard InChI is InChI=1S/C71H136N4O6S2/c1-5-9-13-17-21-23-25-27-29-31-33-35-39-43-49-69(78)65-75(66-70(79)50-44-40-36-34-32-30-28-26-24-22-18-14-10-6-2)53-46-61-82-83-62-59-73-56-54-72(55-57-73)58-60-81-71(80)51-45-52-74(63-67(76)47-41-37-19-15-11-7-3)64-68(77)48-42-38-20-16-12-8-4/h21-24,27-30,67-70,76-79H,5-20,25-26,31-66H2,1-4H3/b23-21-,24-22-,29-27-,30-28-. The number of esters is 1. The van der Waals surface area contributed by atoms with E-state index in [1.807, 2.05) is 21.6 Å². The molecule has 1 fully saturated rings. The number of aliphatic hydroxyl groups is 4. The van der Waals surface area contributed by atoms with Crippen LogP contribution in [0.3, 0.4) is 0 Å². The highest BCUT2D eigenvalue weighted by Gasteiger charge is 2.20. The van der Waals surface area contributed by atoms with Crippen molar-refractivity contribution < 1.29 is 30.0 Å². The Morgan fingerprint density at radius 1 is 0.410 bits per heavy atom. The second kappa shape index (κ2) is 62.4. The zero-order valence-electron chi connectivity index (χ0n) is 54.8. The third-order valence-corrected chi connectivity index (χ3v) is 18.9. The summed E-state index contributed by atoms with van der Waals surface area (Å²) in [5.74, 6) is 2.01. The third-order valence-electron chi connectivity index (χ3n) is 16.4. The molecule has 4 unspecified atom stereocenters. The highest BCUT2D eigenvalue weighted by atomic mass is 33.1. The van der Waals surface area contributed by atoms with Crippen LogP contribution in [-0.2, 0) is 9.53 Å². The van der Waals surface area contributed by atoms with Crippen molar-refractivity contribution in [3.05, 3.63) is 48.6 Å². The molecular weight excluding hydrogens is 1070 g/mol. The lowest BCUT2D eigenvalue weighted by Gasteiger charge is -2.34. The van der Waals surface area contributed by atoms with Crippen molar-refractivity contribution in [2.45, 2.75) is 303 Å². The van der Waals surface area contributed by atoms with Gasteiger partial charge in [0.1, 0.15) is 6.61 Å². The molecule has 4 N–H and O–H groups in total. The van der Waals surface area contributed by atoms with Gasteiger partial charge in [-0.05, 0) is 116 Å². The van der Waals surface area contributed by atoms with E-state index in [-0.39, 0.29) is 18.2 Å². The quantitative estimate of drug-likeness (QED) is 0.0201. The number of ether oxygens (including phenoxy) is 1. The molecule has 1 aliphatic heterocycles. The summed E-state index contributed by atoms with van der Waals surface area (Å²) in [4.78, 5) is 22.3. The lowest BCUT2D eigenvalue weighted by molar-refractivity contribution is -0.144. The molecule has 488 valence electrons. The van der Waals surface area contributed by atoms with Crippen LogP contribution in [0, 0.1) is 0 Å². The van der Waals surface area contributed by atoms with Gasteiger partial charge in [0.15, 0.2) is 0 Å². The summed E-state index contributed by atoms with van der Waals surface area (Å²) in [6.07, 6.45) is 60.7. The summed E-state index contributed by atoms with van der Waals surface area (Å²) in [7, 11) is 3.93. The third kappa shape index (κ3) is 55.8. The molecule has 0 aromatic heterocycles. The molecule has 1 aliphatic rings. The normalized spacial score (nSPS) is 15.4. The van der Waals surface area contributed by atoms with Crippen LogP contribution in [0.4, 0.5) is 0 Å². The van der Waals surface area contributed by atoms with Gasteiger partial charge in [-0.25, -0.2) is 0 Å². The van der Waals surface area contributed by atoms with Gasteiger partial charge in [0.25, 0.3) is 0 Å². The van der Waals surface area contributed by atoms with Crippen LogP contribution in [0.2, 0.25) is 0 Å². The Hall–Kier alpha value is -1.19. The molecule has 1 saturated heterocycles. The van der Waals surface area contributed by atoms with Gasteiger partial charge in [-0.2, -0.15) is 0 Å². The minimum absolute atomic E-state index is 0.152. The average Bonchev–Trinajstić information content (AvgIpc) is 3.48. The fourth-order valence-corrected chi connectivity index (χ4v) is 13.2. The number of unbranched alkanes of at least 4 members (excludes halogenated alkanes) is 24. The number of piperazine rings is 1. The van der Waals surface area contributed by atoms with E-state index in [4.69, 9.17) is 4.74 Å². The van der Waals surface area contributed by atoms with Crippen molar-refractivity contribution in [1.82, 2.24) is 19.6 Å². The molecular formula is C71H136N4O6S2. The largest absolute Gasteiger partial charge is 0.464 e. The van der Waals surface area contributed by atoms with Gasteiger partial charge in [-0.15, -0.1) is 0 Å². The monoisotopic (exact) mass is 1200 g/mol. The van der Waals surface area contributed by atoms with Crippen LogP contribution in [0.15, 0.2) is 48.6 Å². The van der Waals surface area contributed by atoms with Gasteiger partial charge in [0, 0.05) is 83.4 Å². The fourth-order valence-electron chi connectivity index (χ4n) is 11.1. The van der Waals surface area contributed by atoms with E-state index < -0.39 is 12.2 Å². The molecule has 10 nitrogen and oxygen atoms in total. The molecule has 12 heteroatoms. The first-order valence-corrected chi connectivity index (χ1v) is 37.8. The van der Waals surface area contributed by atoms with Crippen LogP contribution < -0.4 is 0 Å². The van der Waals surface area contributed by atoms with Crippen LogP contribution in [-0.4, -0.2) is 167 Å². The van der Waals surface area contributed by atoms with Gasteiger partial charge < -0.3 is 25.2 Å². The molecule has 1 rings (SSSR count). The van der Waals surface area contributed by atoms with Crippen molar-refractivity contribution in [2.24, 2.45) is 0 Å². The number of rotatable bonds is 63. The molecule has 0 aromatic carbocycles. The molecule has 4 atom stereocenters. The maximum atomic E-state index is 12.8. The maximum absolute atomic E-state index is 12.8. The van der Waals surface area contributed by atoms with Crippen molar-refractivity contribution in [3.63, 3.8) is 0 Å². The number of carbonyl (C=O) groups excluding carboxylic acids is 1. The van der Waals surface area contributed by atoms with Crippen molar-refractivity contribution in [3.8, 4) is 0 Å². The van der Waals surface area contributed by atoms with Crippen LogP contribution >= 0.6 is 21.6 Å². The number of aliphatic hydroxyl groups excluding tert-OH is 4. The summed E-state index contributed by atoms with van der Waals surface area (Å²) in [6.45, 7) is 19.3. The van der Waals surface area contributed by atoms with E-state index in [1.54, 1.807) is 0 Å². The average molecular weight is 1210 g/mol. The Labute approximate surface area is 522 Å². The lowest BCUT2D eigenvalue weighted by atomic mass is 10.1. The van der Waals surface area contributed by atoms with E-state index in [0.29, 0.717) is 52.2 Å². The van der Waals surface area contributed by atoms with E-state index >= 15 is 0 Å². The molecule has 0 aliphatic carbocycles. The Morgan fingerprint density at radius 3 is 1.14 bits per heavy atom. The van der Waals surface area contributed by atoms with E-state index in [2.05, 4.69) is 95.9 Å². The highest BCUT2D eigenvalue weighted by molar-refractivity contribution is 8.76. The topological polar surface area (TPSA) is 120 Å². The van der Waals surface area contributed by atoms with Crippen LogP contribution in [0.5, 0.6) is 0 Å². The van der Waals surface area contributed by atoms with Crippen molar-refractivity contribution in [2.75, 3.05) is 96.6 Å². The van der Waals surface area contributed by atoms with E-state index in [0.717, 1.165) is 154 Å². The van der Waals surface area contributed by atoms with E-state index in [1.165, 1.54) is 141 Å². The second-order valence-electron chi connectivity index (χ2n) is 24.6. The Balaban J connectivity index is 2.41. The summed E-state index contributed by atoms with van der Waals surface area (Å²) >= 11 is 0. The first-order valence-electron chi connectivity index (χ1n) is 35.3. The first kappa shape index (κ1) is 79.8. The zero-order valence-corrected chi connectivity index (χ0v) is 56.5.